The molecule has 1 aliphatic carbocycles. The zero-order valence-corrected chi connectivity index (χ0v) is 10.8. The van der Waals surface area contributed by atoms with Crippen molar-refractivity contribution in [1.82, 2.24) is 5.32 Å². The summed E-state index contributed by atoms with van der Waals surface area (Å²) in [5.41, 5.74) is 2.26. The van der Waals surface area contributed by atoms with Crippen molar-refractivity contribution in [2.24, 2.45) is 5.92 Å². The first-order valence-corrected chi connectivity index (χ1v) is 6.89. The molecule has 1 saturated carbocycles. The quantitative estimate of drug-likeness (QED) is 0.857. The van der Waals surface area contributed by atoms with E-state index in [-0.39, 0.29) is 11.8 Å². The number of anilines is 1. The van der Waals surface area contributed by atoms with Crippen LogP contribution in [0.25, 0.3) is 0 Å². The molecule has 0 saturated heterocycles. The van der Waals surface area contributed by atoms with Crippen molar-refractivity contribution in [3.63, 3.8) is 0 Å². The Kier molecular flexibility index (Phi) is 2.98. The summed E-state index contributed by atoms with van der Waals surface area (Å²) in [5.74, 6) is 0.929. The Morgan fingerprint density at radius 1 is 1.33 bits per heavy atom. The van der Waals surface area contributed by atoms with Crippen LogP contribution in [-0.4, -0.2) is 18.5 Å². The monoisotopic (exact) mass is 244 g/mol. The summed E-state index contributed by atoms with van der Waals surface area (Å²) in [6, 6.07) is 8.47. The minimum Gasteiger partial charge on any atom is -0.385 e. The smallest absolute Gasteiger partial charge is 0.227 e. The second kappa shape index (κ2) is 4.63. The average molecular weight is 244 g/mol. The molecule has 2 atom stereocenters. The first kappa shape index (κ1) is 11.6. The predicted octanol–water partition coefficient (Wildman–Crippen LogP) is 2.50. The number of carbonyl (C=O) groups excluding carboxylic acids is 1. The van der Waals surface area contributed by atoms with Crippen molar-refractivity contribution >= 4 is 11.6 Å². The SMILES string of the molecule is CC(NC(=O)C1CCNc2ccccc21)C1CC1. The van der Waals surface area contributed by atoms with E-state index in [1.54, 1.807) is 0 Å². The van der Waals surface area contributed by atoms with E-state index in [9.17, 15) is 4.79 Å². The van der Waals surface area contributed by atoms with Gasteiger partial charge in [0.05, 0.1) is 5.92 Å². The van der Waals surface area contributed by atoms with Crippen molar-refractivity contribution in [1.29, 1.82) is 0 Å². The fraction of sp³-hybridized carbons (Fsp3) is 0.533. The lowest BCUT2D eigenvalue weighted by atomic mass is 9.90. The zero-order chi connectivity index (χ0) is 12.5. The molecular weight excluding hydrogens is 224 g/mol. The molecule has 3 heteroatoms. The van der Waals surface area contributed by atoms with Gasteiger partial charge in [-0.25, -0.2) is 0 Å². The van der Waals surface area contributed by atoms with Gasteiger partial charge in [0.15, 0.2) is 0 Å². The van der Waals surface area contributed by atoms with Crippen LogP contribution in [0.4, 0.5) is 5.69 Å². The normalized spacial score (nSPS) is 23.7. The van der Waals surface area contributed by atoms with Crippen LogP contribution >= 0.6 is 0 Å². The van der Waals surface area contributed by atoms with Crippen molar-refractivity contribution in [3.8, 4) is 0 Å². The molecule has 96 valence electrons. The zero-order valence-electron chi connectivity index (χ0n) is 10.8. The Hall–Kier alpha value is -1.51. The molecule has 0 bridgehead atoms. The van der Waals surface area contributed by atoms with Gasteiger partial charge in [-0.3, -0.25) is 4.79 Å². The van der Waals surface area contributed by atoms with Gasteiger partial charge in [0.25, 0.3) is 0 Å². The highest BCUT2D eigenvalue weighted by atomic mass is 16.1. The molecule has 2 N–H and O–H groups in total. The molecule has 1 aliphatic heterocycles. The van der Waals surface area contributed by atoms with E-state index in [4.69, 9.17) is 0 Å². The molecule has 0 radical (unpaired) electrons. The fourth-order valence-corrected chi connectivity index (χ4v) is 2.78. The second-order valence-electron chi connectivity index (χ2n) is 5.49. The van der Waals surface area contributed by atoms with Crippen LogP contribution in [-0.2, 0) is 4.79 Å². The van der Waals surface area contributed by atoms with Crippen LogP contribution in [0.1, 0.15) is 37.7 Å². The van der Waals surface area contributed by atoms with E-state index >= 15 is 0 Å². The number of hydrogen-bond donors (Lipinski definition) is 2. The number of amides is 1. The van der Waals surface area contributed by atoms with Crippen LogP contribution in [0.2, 0.25) is 0 Å². The van der Waals surface area contributed by atoms with E-state index in [2.05, 4.69) is 29.7 Å². The summed E-state index contributed by atoms with van der Waals surface area (Å²) in [5, 5.41) is 6.54. The summed E-state index contributed by atoms with van der Waals surface area (Å²) in [6.45, 7) is 3.01. The van der Waals surface area contributed by atoms with Crippen LogP contribution in [0.15, 0.2) is 24.3 Å². The summed E-state index contributed by atoms with van der Waals surface area (Å²) in [4.78, 5) is 12.4. The molecule has 0 aromatic heterocycles. The highest BCUT2D eigenvalue weighted by Gasteiger charge is 2.32. The first-order valence-electron chi connectivity index (χ1n) is 6.89. The van der Waals surface area contributed by atoms with E-state index in [1.807, 2.05) is 12.1 Å². The molecule has 3 rings (SSSR count). The lowest BCUT2D eigenvalue weighted by Crippen LogP contribution is -2.39. The van der Waals surface area contributed by atoms with Crippen LogP contribution in [0.3, 0.4) is 0 Å². The number of carbonyl (C=O) groups is 1. The molecule has 1 aromatic carbocycles. The molecule has 0 spiro atoms. The number of para-hydroxylation sites is 1. The maximum absolute atomic E-state index is 12.4. The van der Waals surface area contributed by atoms with Crippen molar-refractivity contribution in [2.75, 3.05) is 11.9 Å². The minimum absolute atomic E-state index is 0.0173. The van der Waals surface area contributed by atoms with Gasteiger partial charge in [0.1, 0.15) is 0 Å². The van der Waals surface area contributed by atoms with Gasteiger partial charge < -0.3 is 10.6 Å². The Balaban J connectivity index is 1.74. The number of rotatable bonds is 3. The third kappa shape index (κ3) is 2.22. The van der Waals surface area contributed by atoms with Crippen LogP contribution in [0, 0.1) is 5.92 Å². The van der Waals surface area contributed by atoms with Gasteiger partial charge in [0, 0.05) is 18.3 Å². The van der Waals surface area contributed by atoms with Gasteiger partial charge in [-0.15, -0.1) is 0 Å². The summed E-state index contributed by atoms with van der Waals surface area (Å²) in [7, 11) is 0. The Morgan fingerprint density at radius 3 is 2.89 bits per heavy atom. The Bertz CT molecular complexity index is 454. The van der Waals surface area contributed by atoms with E-state index in [1.165, 1.54) is 12.8 Å². The summed E-state index contributed by atoms with van der Waals surface area (Å²) in [6.07, 6.45) is 3.43. The van der Waals surface area contributed by atoms with Crippen molar-refractivity contribution in [2.45, 2.75) is 38.1 Å². The molecule has 2 unspecified atom stereocenters. The van der Waals surface area contributed by atoms with Gasteiger partial charge in [-0.05, 0) is 43.7 Å². The number of nitrogens with one attached hydrogen (secondary N) is 2. The molecule has 1 fully saturated rings. The van der Waals surface area contributed by atoms with Gasteiger partial charge in [-0.2, -0.15) is 0 Å². The van der Waals surface area contributed by atoms with Gasteiger partial charge in [0.2, 0.25) is 5.91 Å². The highest BCUT2D eigenvalue weighted by Crippen LogP contribution is 2.34. The summed E-state index contributed by atoms with van der Waals surface area (Å²) >= 11 is 0. The molecule has 18 heavy (non-hydrogen) atoms. The molecule has 3 nitrogen and oxygen atoms in total. The topological polar surface area (TPSA) is 41.1 Å². The first-order chi connectivity index (χ1) is 8.75. The molecule has 2 aliphatic rings. The second-order valence-corrected chi connectivity index (χ2v) is 5.49. The van der Waals surface area contributed by atoms with Crippen molar-refractivity contribution in [3.05, 3.63) is 29.8 Å². The predicted molar refractivity (Wildman–Crippen MR) is 72.6 cm³/mol. The van der Waals surface area contributed by atoms with E-state index in [0.717, 1.165) is 24.2 Å². The number of benzene rings is 1. The van der Waals surface area contributed by atoms with Crippen LogP contribution < -0.4 is 10.6 Å². The molecule has 1 amide bonds. The standard InChI is InChI=1S/C15H20N2O/c1-10(11-6-7-11)17-15(18)13-8-9-16-14-5-3-2-4-12(13)14/h2-5,10-11,13,16H,6-9H2,1H3,(H,17,18). The van der Waals surface area contributed by atoms with E-state index in [0.29, 0.717) is 12.0 Å². The Labute approximate surface area is 108 Å². The average Bonchev–Trinajstić information content (AvgIpc) is 3.22. The van der Waals surface area contributed by atoms with E-state index < -0.39 is 0 Å². The number of fused-ring (bicyclic) bond motifs is 1. The highest BCUT2D eigenvalue weighted by molar-refractivity contribution is 5.86. The number of hydrogen-bond acceptors (Lipinski definition) is 2. The largest absolute Gasteiger partial charge is 0.385 e. The van der Waals surface area contributed by atoms with Gasteiger partial charge >= 0.3 is 0 Å². The van der Waals surface area contributed by atoms with Crippen LogP contribution in [0.5, 0.6) is 0 Å². The lowest BCUT2D eigenvalue weighted by molar-refractivity contribution is -0.123. The third-order valence-electron chi connectivity index (χ3n) is 4.10. The van der Waals surface area contributed by atoms with Gasteiger partial charge in [-0.1, -0.05) is 18.2 Å². The van der Waals surface area contributed by atoms with Crippen molar-refractivity contribution < 1.29 is 4.79 Å². The third-order valence-corrected chi connectivity index (χ3v) is 4.10. The summed E-state index contributed by atoms with van der Waals surface area (Å²) < 4.78 is 0. The maximum atomic E-state index is 12.4. The molecular formula is C15H20N2O. The maximum Gasteiger partial charge on any atom is 0.227 e. The fourth-order valence-electron chi connectivity index (χ4n) is 2.78. The minimum atomic E-state index is 0.0173. The molecule has 1 aromatic rings. The lowest BCUT2D eigenvalue weighted by Gasteiger charge is -2.27. The Morgan fingerprint density at radius 2 is 2.11 bits per heavy atom. The molecule has 1 heterocycles.